The van der Waals surface area contributed by atoms with Gasteiger partial charge in [0.05, 0.1) is 7.11 Å². The number of carbonyl (C=O) groups is 1. The minimum absolute atomic E-state index is 0.0848. The van der Waals surface area contributed by atoms with Crippen LogP contribution < -0.4 is 20.8 Å². The van der Waals surface area contributed by atoms with E-state index in [-0.39, 0.29) is 5.91 Å². The number of rotatable bonds is 4. The molecule has 0 saturated heterocycles. The van der Waals surface area contributed by atoms with Crippen molar-refractivity contribution in [2.45, 2.75) is 6.04 Å². The summed E-state index contributed by atoms with van der Waals surface area (Å²) in [5.74, 6) is 0.689. The van der Waals surface area contributed by atoms with Crippen molar-refractivity contribution >= 4 is 34.6 Å². The van der Waals surface area contributed by atoms with Gasteiger partial charge in [0.1, 0.15) is 11.8 Å². The summed E-state index contributed by atoms with van der Waals surface area (Å²) in [6.45, 7) is 0. The van der Waals surface area contributed by atoms with E-state index < -0.39 is 6.04 Å². The summed E-state index contributed by atoms with van der Waals surface area (Å²) >= 11 is 5.32. The molecule has 0 radical (unpaired) electrons. The maximum atomic E-state index is 12.2. The van der Waals surface area contributed by atoms with E-state index in [2.05, 4.69) is 16.1 Å². The SMILES string of the molecule is COc1ccc(NC(=S)NN(C)C2C(=O)Nc3ccccc32)cc1. The lowest BCUT2D eigenvalue weighted by atomic mass is 10.1. The molecule has 1 aliphatic rings. The van der Waals surface area contributed by atoms with Gasteiger partial charge in [0.2, 0.25) is 5.91 Å². The highest BCUT2D eigenvalue weighted by Crippen LogP contribution is 2.33. The lowest BCUT2D eigenvalue weighted by Crippen LogP contribution is -2.45. The van der Waals surface area contributed by atoms with Gasteiger partial charge in [-0.25, -0.2) is 5.01 Å². The number of nitrogens with zero attached hydrogens (tertiary/aromatic N) is 1. The number of hydrazine groups is 1. The second kappa shape index (κ2) is 6.86. The topological polar surface area (TPSA) is 65.6 Å². The molecule has 3 rings (SSSR count). The Balaban J connectivity index is 1.65. The molecule has 1 atom stereocenters. The van der Waals surface area contributed by atoms with Gasteiger partial charge in [0.25, 0.3) is 0 Å². The van der Waals surface area contributed by atoms with Gasteiger partial charge in [-0.3, -0.25) is 10.2 Å². The lowest BCUT2D eigenvalue weighted by molar-refractivity contribution is -0.120. The number of carbonyl (C=O) groups excluding carboxylic acids is 1. The summed E-state index contributed by atoms with van der Waals surface area (Å²) in [5.41, 5.74) is 5.61. The predicted octanol–water partition coefficient (Wildman–Crippen LogP) is 2.52. The summed E-state index contributed by atoms with van der Waals surface area (Å²) < 4.78 is 5.12. The van der Waals surface area contributed by atoms with Gasteiger partial charge in [0, 0.05) is 24.0 Å². The molecule has 6 nitrogen and oxygen atoms in total. The van der Waals surface area contributed by atoms with E-state index in [4.69, 9.17) is 17.0 Å². The number of benzene rings is 2. The molecule has 0 aromatic heterocycles. The summed E-state index contributed by atoms with van der Waals surface area (Å²) in [6.07, 6.45) is 0. The van der Waals surface area contributed by atoms with Crippen molar-refractivity contribution in [3.63, 3.8) is 0 Å². The Labute approximate surface area is 145 Å². The normalized spacial score (nSPS) is 15.6. The van der Waals surface area contributed by atoms with Crippen LogP contribution in [0, 0.1) is 0 Å². The molecule has 2 aromatic rings. The van der Waals surface area contributed by atoms with Crippen LogP contribution in [0.2, 0.25) is 0 Å². The van der Waals surface area contributed by atoms with E-state index >= 15 is 0 Å². The van der Waals surface area contributed by atoms with Crippen LogP contribution in [-0.4, -0.2) is 30.2 Å². The third-order valence-corrected chi connectivity index (χ3v) is 3.97. The summed E-state index contributed by atoms with van der Waals surface area (Å²) in [7, 11) is 3.41. The Hall–Kier alpha value is -2.64. The highest BCUT2D eigenvalue weighted by Gasteiger charge is 2.33. The van der Waals surface area contributed by atoms with Crippen molar-refractivity contribution in [1.82, 2.24) is 10.4 Å². The highest BCUT2D eigenvalue weighted by molar-refractivity contribution is 7.80. The van der Waals surface area contributed by atoms with E-state index in [1.807, 2.05) is 48.5 Å². The third kappa shape index (κ3) is 3.32. The highest BCUT2D eigenvalue weighted by atomic mass is 32.1. The fourth-order valence-electron chi connectivity index (χ4n) is 2.63. The molecule has 1 heterocycles. The molecular formula is C17H18N4O2S. The minimum atomic E-state index is -0.434. The van der Waals surface area contributed by atoms with Crippen molar-refractivity contribution in [3.05, 3.63) is 54.1 Å². The van der Waals surface area contributed by atoms with Gasteiger partial charge in [-0.15, -0.1) is 0 Å². The quantitative estimate of drug-likeness (QED) is 0.586. The lowest BCUT2D eigenvalue weighted by Gasteiger charge is -2.25. The van der Waals surface area contributed by atoms with E-state index in [1.165, 1.54) is 0 Å². The zero-order valence-corrected chi connectivity index (χ0v) is 14.2. The Bertz CT molecular complexity index is 763. The molecule has 0 fully saturated rings. The molecule has 24 heavy (non-hydrogen) atoms. The maximum Gasteiger partial charge on any atom is 0.248 e. The molecule has 0 saturated carbocycles. The van der Waals surface area contributed by atoms with E-state index in [1.54, 1.807) is 19.2 Å². The van der Waals surface area contributed by atoms with Crippen LogP contribution in [0.15, 0.2) is 48.5 Å². The maximum absolute atomic E-state index is 12.2. The number of anilines is 2. The van der Waals surface area contributed by atoms with Crippen LogP contribution in [0.5, 0.6) is 5.75 Å². The Morgan fingerprint density at radius 3 is 2.62 bits per heavy atom. The molecule has 124 valence electrons. The molecule has 0 aliphatic carbocycles. The predicted molar refractivity (Wildman–Crippen MR) is 97.9 cm³/mol. The molecule has 1 aliphatic heterocycles. The van der Waals surface area contributed by atoms with Crippen LogP contribution in [0.25, 0.3) is 0 Å². The van der Waals surface area contributed by atoms with Crippen LogP contribution >= 0.6 is 12.2 Å². The number of ether oxygens (including phenoxy) is 1. The molecule has 0 spiro atoms. The number of nitrogens with one attached hydrogen (secondary N) is 3. The molecule has 1 amide bonds. The van der Waals surface area contributed by atoms with Crippen molar-refractivity contribution < 1.29 is 9.53 Å². The molecule has 3 N–H and O–H groups in total. The Morgan fingerprint density at radius 2 is 1.92 bits per heavy atom. The first-order valence-electron chi connectivity index (χ1n) is 7.43. The van der Waals surface area contributed by atoms with Crippen LogP contribution in [0.1, 0.15) is 11.6 Å². The zero-order valence-electron chi connectivity index (χ0n) is 13.4. The van der Waals surface area contributed by atoms with Crippen molar-refractivity contribution in [2.75, 3.05) is 24.8 Å². The molecule has 0 bridgehead atoms. The minimum Gasteiger partial charge on any atom is -0.497 e. The average Bonchev–Trinajstić information content (AvgIpc) is 2.91. The molecule has 7 heteroatoms. The Kier molecular flexibility index (Phi) is 4.64. The standard InChI is InChI=1S/C17H18N4O2S/c1-21(15-13-5-3-4-6-14(13)19-16(15)22)20-17(24)18-11-7-9-12(23-2)10-8-11/h3-10,15H,1-2H3,(H,19,22)(H2,18,20,24). The number of amides is 1. The third-order valence-electron chi connectivity index (χ3n) is 3.77. The number of likely N-dealkylation sites (N-methyl/N-ethyl adjacent to an activating group) is 1. The average molecular weight is 342 g/mol. The van der Waals surface area contributed by atoms with Gasteiger partial charge >= 0.3 is 0 Å². The largest absolute Gasteiger partial charge is 0.497 e. The molecule has 1 unspecified atom stereocenters. The summed E-state index contributed by atoms with van der Waals surface area (Å²) in [5, 5.41) is 8.04. The number of fused-ring (bicyclic) bond motifs is 1. The van der Waals surface area contributed by atoms with Crippen LogP contribution in [0.3, 0.4) is 0 Å². The first-order valence-corrected chi connectivity index (χ1v) is 7.83. The van der Waals surface area contributed by atoms with Gasteiger partial charge in [-0.05, 0) is 42.5 Å². The fraction of sp³-hybridized carbons (Fsp3) is 0.176. The second-order valence-electron chi connectivity index (χ2n) is 5.38. The number of para-hydroxylation sites is 1. The van der Waals surface area contributed by atoms with E-state index in [0.717, 1.165) is 22.7 Å². The fourth-order valence-corrected chi connectivity index (χ4v) is 2.90. The molecule has 2 aromatic carbocycles. The first kappa shape index (κ1) is 16.2. The number of methoxy groups -OCH3 is 1. The number of hydrogen-bond donors (Lipinski definition) is 3. The zero-order chi connectivity index (χ0) is 17.1. The summed E-state index contributed by atoms with van der Waals surface area (Å²) in [4.78, 5) is 12.2. The summed E-state index contributed by atoms with van der Waals surface area (Å²) in [6, 6.07) is 14.6. The molecular weight excluding hydrogens is 324 g/mol. The van der Waals surface area contributed by atoms with Crippen LogP contribution in [-0.2, 0) is 4.79 Å². The van der Waals surface area contributed by atoms with Crippen molar-refractivity contribution in [1.29, 1.82) is 0 Å². The Morgan fingerprint density at radius 1 is 1.21 bits per heavy atom. The second-order valence-corrected chi connectivity index (χ2v) is 5.79. The smallest absolute Gasteiger partial charge is 0.248 e. The van der Waals surface area contributed by atoms with E-state index in [9.17, 15) is 4.79 Å². The monoisotopic (exact) mass is 342 g/mol. The van der Waals surface area contributed by atoms with E-state index in [0.29, 0.717) is 5.11 Å². The van der Waals surface area contributed by atoms with Gasteiger partial charge in [-0.2, -0.15) is 0 Å². The van der Waals surface area contributed by atoms with Gasteiger partial charge in [-0.1, -0.05) is 18.2 Å². The van der Waals surface area contributed by atoms with Gasteiger partial charge in [0.15, 0.2) is 5.11 Å². The number of hydrogen-bond acceptors (Lipinski definition) is 4. The van der Waals surface area contributed by atoms with Crippen LogP contribution in [0.4, 0.5) is 11.4 Å². The van der Waals surface area contributed by atoms with Crippen molar-refractivity contribution in [2.24, 2.45) is 0 Å². The first-order chi connectivity index (χ1) is 11.6. The van der Waals surface area contributed by atoms with Crippen molar-refractivity contribution in [3.8, 4) is 5.75 Å². The van der Waals surface area contributed by atoms with Gasteiger partial charge < -0.3 is 15.4 Å². The number of thiocarbonyl (C=S) groups is 1.